The van der Waals surface area contributed by atoms with E-state index in [-0.39, 0.29) is 131 Å². The molecule has 0 aromatic rings. The Labute approximate surface area is 127 Å². The van der Waals surface area contributed by atoms with Crippen LogP contribution in [-0.4, -0.2) is 103 Å². The third-order valence-electron chi connectivity index (χ3n) is 0. The van der Waals surface area contributed by atoms with Gasteiger partial charge in [-0.3, -0.25) is 0 Å². The maximum atomic E-state index is 0. The van der Waals surface area contributed by atoms with Crippen molar-refractivity contribution in [2.24, 2.45) is 0 Å². The first-order chi connectivity index (χ1) is 0. The van der Waals surface area contributed by atoms with Gasteiger partial charge < -0.3 is 0 Å². The summed E-state index contributed by atoms with van der Waals surface area (Å²) in [4.78, 5) is 0. The molecule has 0 bridgehead atoms. The van der Waals surface area contributed by atoms with E-state index < -0.39 is 0 Å². The van der Waals surface area contributed by atoms with Crippen molar-refractivity contribution >= 4 is 103 Å². The zero-order valence-electron chi connectivity index (χ0n) is 2.83. The number of rotatable bonds is 0. The van der Waals surface area contributed by atoms with Crippen molar-refractivity contribution in [2.75, 3.05) is 0 Å². The van der Waals surface area contributed by atoms with Gasteiger partial charge in [0.15, 0.2) is 0 Å². The molecular formula is H10BiCdInPbSn. The first-order valence-electron chi connectivity index (χ1n) is 0. The van der Waals surface area contributed by atoms with Crippen LogP contribution in [0.15, 0.2) is 0 Å². The Kier molecular flexibility index (Phi) is 163. The molecule has 0 fully saturated rings. The van der Waals surface area contributed by atoms with Crippen LogP contribution in [0.4, 0.5) is 0 Å². The molecule has 0 aliphatic carbocycles. The predicted octanol–water partition coefficient (Wildman–Crippen LogP) is -4.20. The standard InChI is InChI=1S/Bi.Cd.In.Pb.Sn.10H. The third kappa shape index (κ3) is 17.8. The van der Waals surface area contributed by atoms with E-state index in [9.17, 15) is 0 Å². The molecule has 28 valence electrons. The van der Waals surface area contributed by atoms with Crippen molar-refractivity contribution < 1.29 is 27.3 Å². The van der Waals surface area contributed by atoms with E-state index >= 15 is 0 Å². The topological polar surface area (TPSA) is 0 Å². The number of hydrogen-bond donors (Lipinski definition) is 0. The van der Waals surface area contributed by atoms with Gasteiger partial charge in [-0.2, -0.15) is 0 Å². The van der Waals surface area contributed by atoms with Gasteiger partial charge >= 0.3 is 103 Å². The second kappa shape index (κ2) is 23.8. The van der Waals surface area contributed by atoms with Gasteiger partial charge in [-0.05, 0) is 0 Å². The first kappa shape index (κ1) is 34.3. The van der Waals surface area contributed by atoms with Gasteiger partial charge in [0.25, 0.3) is 0 Å². The Morgan fingerprint density at radius 2 is 1.00 bits per heavy atom. The first-order valence-corrected chi connectivity index (χ1v) is 0. The molecule has 0 heterocycles. The maximum absolute atomic E-state index is 0. The van der Waals surface area contributed by atoms with E-state index in [1.54, 1.807) is 0 Å². The van der Waals surface area contributed by atoms with E-state index in [1.165, 1.54) is 0 Å². The summed E-state index contributed by atoms with van der Waals surface area (Å²) in [7, 11) is 0. The summed E-state index contributed by atoms with van der Waals surface area (Å²) in [5, 5.41) is 0. The van der Waals surface area contributed by atoms with Crippen LogP contribution in [0.25, 0.3) is 0 Å². The molecule has 0 aromatic carbocycles. The fourth-order valence-electron chi connectivity index (χ4n) is 0. The van der Waals surface area contributed by atoms with Gasteiger partial charge in [0.1, 0.15) is 0 Å². The van der Waals surface area contributed by atoms with Crippen LogP contribution in [0.3, 0.4) is 0 Å². The van der Waals surface area contributed by atoms with Gasteiger partial charge in [-0.15, -0.1) is 0 Å². The Balaban J connectivity index is 0. The average Bonchev–Trinajstić information content (AvgIpc) is 0. The Bertz CT molecular complexity index is 11.6. The zero-order chi connectivity index (χ0) is 0. The summed E-state index contributed by atoms with van der Waals surface area (Å²) in [6.45, 7) is 0. The van der Waals surface area contributed by atoms with E-state index in [4.69, 9.17) is 0 Å². The van der Waals surface area contributed by atoms with Crippen LogP contribution in [-0.2, 0) is 27.3 Å². The van der Waals surface area contributed by atoms with E-state index in [1.807, 2.05) is 0 Å². The normalized spacial score (nSPS) is 0. The molecule has 0 spiro atoms. The van der Waals surface area contributed by atoms with Crippen LogP contribution < -0.4 is 0 Å². The molecule has 0 amide bonds. The molecule has 0 aromatic heterocycles. The monoisotopic (exact) mass is 776 g/mol. The average molecular weight is 772 g/mol. The molecule has 0 saturated heterocycles. The Morgan fingerprint density at radius 3 is 1.00 bits per heavy atom. The summed E-state index contributed by atoms with van der Waals surface area (Å²) in [5.74, 6) is 0. The van der Waals surface area contributed by atoms with Gasteiger partial charge in [0.2, 0.25) is 0 Å². The predicted molar refractivity (Wildman–Crippen MR) is 37.0 cm³/mol. The molecular weight excluding hydrogens is 762 g/mol. The van der Waals surface area contributed by atoms with E-state index in [2.05, 4.69) is 0 Å². The van der Waals surface area contributed by atoms with Crippen molar-refractivity contribution in [1.29, 1.82) is 0 Å². The molecule has 4 radical (unpaired) electrons. The SMILES string of the molecule is [BiH3].[Cd].[InH3].[PbH2].[SnH2]. The molecule has 0 N–H and O–H groups in total. The summed E-state index contributed by atoms with van der Waals surface area (Å²) < 4.78 is 0. The van der Waals surface area contributed by atoms with Crippen molar-refractivity contribution in [2.45, 2.75) is 0 Å². The van der Waals surface area contributed by atoms with Gasteiger partial charge in [0.05, 0.1) is 0 Å². The summed E-state index contributed by atoms with van der Waals surface area (Å²) in [5.41, 5.74) is 0. The molecule has 5 heteroatoms. The zero-order valence-corrected chi connectivity index (χ0v) is 21.9. The third-order valence-corrected chi connectivity index (χ3v) is 0. The quantitative estimate of drug-likeness (QED) is 0.220. The fourth-order valence-corrected chi connectivity index (χ4v) is 0. The molecule has 0 saturated carbocycles. The van der Waals surface area contributed by atoms with Crippen LogP contribution in [0.1, 0.15) is 0 Å². The second-order valence-electron chi connectivity index (χ2n) is 0. The van der Waals surface area contributed by atoms with Gasteiger partial charge in [-0.1, -0.05) is 0 Å². The van der Waals surface area contributed by atoms with E-state index in [0.717, 1.165) is 0 Å². The molecule has 5 heavy (non-hydrogen) atoms. The summed E-state index contributed by atoms with van der Waals surface area (Å²) >= 11 is 0. The molecule has 0 rings (SSSR count). The minimum absolute atomic E-state index is 0. The fraction of sp³-hybridized carbons (Fsp3) is 0. The molecule has 0 nitrogen and oxygen atoms in total. The molecule has 0 unspecified atom stereocenters. The van der Waals surface area contributed by atoms with E-state index in [0.29, 0.717) is 0 Å². The molecule has 0 aliphatic heterocycles. The van der Waals surface area contributed by atoms with Crippen LogP contribution in [0.5, 0.6) is 0 Å². The second-order valence-corrected chi connectivity index (χ2v) is 0. The van der Waals surface area contributed by atoms with Gasteiger partial charge in [0, 0.05) is 27.3 Å². The Hall–Kier alpha value is 4.40. The van der Waals surface area contributed by atoms with Crippen LogP contribution in [0, 0.1) is 0 Å². The number of hydrogen-bond acceptors (Lipinski definition) is 0. The van der Waals surface area contributed by atoms with Gasteiger partial charge in [-0.25, -0.2) is 0 Å². The van der Waals surface area contributed by atoms with Crippen LogP contribution >= 0.6 is 0 Å². The molecule has 0 atom stereocenters. The van der Waals surface area contributed by atoms with Crippen molar-refractivity contribution in [3.63, 3.8) is 0 Å². The summed E-state index contributed by atoms with van der Waals surface area (Å²) in [6.07, 6.45) is 0. The van der Waals surface area contributed by atoms with Crippen LogP contribution in [0.2, 0.25) is 0 Å². The van der Waals surface area contributed by atoms with Crippen molar-refractivity contribution in [3.05, 3.63) is 0 Å². The Morgan fingerprint density at radius 1 is 1.00 bits per heavy atom. The molecule has 0 aliphatic rings. The summed E-state index contributed by atoms with van der Waals surface area (Å²) in [6, 6.07) is 0. The minimum atomic E-state index is 0. The van der Waals surface area contributed by atoms with Crippen molar-refractivity contribution in [3.8, 4) is 0 Å². The van der Waals surface area contributed by atoms with Crippen molar-refractivity contribution in [1.82, 2.24) is 0 Å².